The lowest BCUT2D eigenvalue weighted by atomic mass is 10.2. The molecule has 1 heterocycles. The zero-order chi connectivity index (χ0) is 10.6. The Morgan fingerprint density at radius 3 is 2.79 bits per heavy atom. The van der Waals surface area contributed by atoms with Crippen molar-refractivity contribution >= 4 is 17.2 Å². The second-order valence-corrected chi connectivity index (χ2v) is 4.10. The summed E-state index contributed by atoms with van der Waals surface area (Å²) < 4.78 is 0. The highest BCUT2D eigenvalue weighted by Gasteiger charge is 2.19. The quantitative estimate of drug-likeness (QED) is 0.768. The summed E-state index contributed by atoms with van der Waals surface area (Å²) >= 11 is 1.40. The summed E-state index contributed by atoms with van der Waals surface area (Å²) in [5, 5.41) is 0. The highest BCUT2D eigenvalue weighted by atomic mass is 32.1. The van der Waals surface area contributed by atoms with E-state index in [9.17, 15) is 4.79 Å². The first kappa shape index (κ1) is 11.2. The SMILES string of the molecule is CC[C@@H](C)N(CC)C(=O)c1cncs1. The minimum atomic E-state index is 0.101. The Morgan fingerprint density at radius 1 is 1.64 bits per heavy atom. The normalized spacial score (nSPS) is 12.5. The molecule has 1 amide bonds. The van der Waals surface area contributed by atoms with Crippen molar-refractivity contribution in [1.29, 1.82) is 0 Å². The second-order valence-electron chi connectivity index (χ2n) is 3.21. The van der Waals surface area contributed by atoms with Gasteiger partial charge in [-0.15, -0.1) is 11.3 Å². The number of aromatic nitrogens is 1. The van der Waals surface area contributed by atoms with Gasteiger partial charge in [-0.3, -0.25) is 9.78 Å². The summed E-state index contributed by atoms with van der Waals surface area (Å²) in [5.41, 5.74) is 1.69. The first-order valence-corrected chi connectivity index (χ1v) is 5.78. The van der Waals surface area contributed by atoms with Gasteiger partial charge in [0.2, 0.25) is 0 Å². The highest BCUT2D eigenvalue weighted by Crippen LogP contribution is 2.13. The van der Waals surface area contributed by atoms with Crippen LogP contribution in [0.2, 0.25) is 0 Å². The van der Waals surface area contributed by atoms with Crippen LogP contribution in [0, 0.1) is 0 Å². The monoisotopic (exact) mass is 212 g/mol. The Bertz CT molecular complexity index is 284. The molecule has 0 aliphatic carbocycles. The fourth-order valence-corrected chi connectivity index (χ4v) is 1.91. The average Bonchev–Trinajstić information content (AvgIpc) is 2.71. The van der Waals surface area contributed by atoms with E-state index in [-0.39, 0.29) is 5.91 Å². The molecule has 1 aromatic rings. The van der Waals surface area contributed by atoms with E-state index >= 15 is 0 Å². The molecule has 0 unspecified atom stereocenters. The van der Waals surface area contributed by atoms with Crippen LogP contribution in [0.5, 0.6) is 0 Å². The molecule has 0 aliphatic heterocycles. The van der Waals surface area contributed by atoms with Gasteiger partial charge in [0.25, 0.3) is 5.91 Å². The van der Waals surface area contributed by atoms with Gasteiger partial charge in [0, 0.05) is 12.6 Å². The van der Waals surface area contributed by atoms with Crippen LogP contribution < -0.4 is 0 Å². The molecule has 0 saturated heterocycles. The first-order valence-electron chi connectivity index (χ1n) is 4.90. The lowest BCUT2D eigenvalue weighted by molar-refractivity contribution is 0.0704. The molecule has 0 saturated carbocycles. The van der Waals surface area contributed by atoms with E-state index in [2.05, 4.69) is 18.8 Å². The molecule has 0 spiro atoms. The van der Waals surface area contributed by atoms with Crippen molar-refractivity contribution in [3.8, 4) is 0 Å². The molecule has 78 valence electrons. The van der Waals surface area contributed by atoms with E-state index < -0.39 is 0 Å². The van der Waals surface area contributed by atoms with Crippen molar-refractivity contribution in [1.82, 2.24) is 9.88 Å². The van der Waals surface area contributed by atoms with E-state index in [1.165, 1.54) is 11.3 Å². The number of amides is 1. The molecule has 1 atom stereocenters. The number of hydrogen-bond donors (Lipinski definition) is 0. The molecular formula is C10H16N2OS. The smallest absolute Gasteiger partial charge is 0.265 e. The molecule has 14 heavy (non-hydrogen) atoms. The van der Waals surface area contributed by atoms with Crippen molar-refractivity contribution in [2.24, 2.45) is 0 Å². The zero-order valence-electron chi connectivity index (χ0n) is 8.86. The molecular weight excluding hydrogens is 196 g/mol. The maximum absolute atomic E-state index is 11.9. The standard InChI is InChI=1S/C10H16N2OS/c1-4-8(3)12(5-2)10(13)9-6-11-7-14-9/h6-8H,4-5H2,1-3H3/t8-/m1/s1. The van der Waals surface area contributed by atoms with E-state index in [1.54, 1.807) is 11.7 Å². The van der Waals surface area contributed by atoms with E-state index in [0.29, 0.717) is 6.04 Å². The third-order valence-corrected chi connectivity index (χ3v) is 3.13. The van der Waals surface area contributed by atoms with Crippen molar-refractivity contribution in [2.75, 3.05) is 6.54 Å². The van der Waals surface area contributed by atoms with Crippen molar-refractivity contribution in [3.63, 3.8) is 0 Å². The van der Waals surface area contributed by atoms with Gasteiger partial charge in [-0.05, 0) is 20.3 Å². The molecule has 0 aromatic carbocycles. The largest absolute Gasteiger partial charge is 0.335 e. The zero-order valence-corrected chi connectivity index (χ0v) is 9.67. The lowest BCUT2D eigenvalue weighted by Gasteiger charge is -2.26. The van der Waals surface area contributed by atoms with Crippen molar-refractivity contribution in [3.05, 3.63) is 16.6 Å². The number of nitrogens with zero attached hydrogens (tertiary/aromatic N) is 2. The Hall–Kier alpha value is -0.900. The van der Waals surface area contributed by atoms with Crippen LogP contribution in [0.25, 0.3) is 0 Å². The van der Waals surface area contributed by atoms with Crippen LogP contribution in [-0.4, -0.2) is 28.4 Å². The van der Waals surface area contributed by atoms with Crippen LogP contribution in [0.3, 0.4) is 0 Å². The predicted octanol–water partition coefficient (Wildman–Crippen LogP) is 2.40. The van der Waals surface area contributed by atoms with E-state index in [1.807, 2.05) is 11.8 Å². The average molecular weight is 212 g/mol. The fourth-order valence-electron chi connectivity index (χ4n) is 1.34. The number of rotatable bonds is 4. The summed E-state index contributed by atoms with van der Waals surface area (Å²) in [5.74, 6) is 0.101. The maximum Gasteiger partial charge on any atom is 0.265 e. The van der Waals surface area contributed by atoms with Crippen molar-refractivity contribution < 1.29 is 4.79 Å². The van der Waals surface area contributed by atoms with Crippen LogP contribution in [0.15, 0.2) is 11.7 Å². The van der Waals surface area contributed by atoms with Gasteiger partial charge >= 0.3 is 0 Å². The molecule has 1 rings (SSSR count). The predicted molar refractivity (Wildman–Crippen MR) is 58.6 cm³/mol. The summed E-state index contributed by atoms with van der Waals surface area (Å²) in [6.07, 6.45) is 2.62. The van der Waals surface area contributed by atoms with Gasteiger partial charge in [0.1, 0.15) is 4.88 Å². The van der Waals surface area contributed by atoms with Gasteiger partial charge in [0.15, 0.2) is 0 Å². The Labute approximate surface area is 88.8 Å². The van der Waals surface area contributed by atoms with Gasteiger partial charge in [0.05, 0.1) is 11.7 Å². The molecule has 4 heteroatoms. The minimum absolute atomic E-state index is 0.101. The molecule has 0 N–H and O–H groups in total. The highest BCUT2D eigenvalue weighted by molar-refractivity contribution is 7.11. The first-order chi connectivity index (χ1) is 6.70. The van der Waals surface area contributed by atoms with Gasteiger partial charge in [-0.25, -0.2) is 0 Å². The summed E-state index contributed by atoms with van der Waals surface area (Å²) in [4.78, 5) is 18.5. The summed E-state index contributed by atoms with van der Waals surface area (Å²) in [6.45, 7) is 6.92. The molecule has 0 radical (unpaired) electrons. The number of hydrogen-bond acceptors (Lipinski definition) is 3. The van der Waals surface area contributed by atoms with E-state index in [4.69, 9.17) is 0 Å². The third-order valence-electron chi connectivity index (χ3n) is 2.37. The molecule has 0 aliphatic rings. The molecule has 0 fully saturated rings. The number of carbonyl (C=O) groups is 1. The molecule has 0 bridgehead atoms. The third kappa shape index (κ3) is 2.32. The number of carbonyl (C=O) groups excluding carboxylic acids is 1. The molecule has 3 nitrogen and oxygen atoms in total. The minimum Gasteiger partial charge on any atom is -0.335 e. The summed E-state index contributed by atoms with van der Waals surface area (Å²) in [6, 6.07) is 0.301. The van der Waals surface area contributed by atoms with Gasteiger partial charge in [-0.1, -0.05) is 6.92 Å². The lowest BCUT2D eigenvalue weighted by Crippen LogP contribution is -2.37. The van der Waals surface area contributed by atoms with Crippen LogP contribution in [0.1, 0.15) is 36.9 Å². The Kier molecular flexibility index (Phi) is 4.07. The van der Waals surface area contributed by atoms with Crippen LogP contribution >= 0.6 is 11.3 Å². The van der Waals surface area contributed by atoms with Crippen LogP contribution in [-0.2, 0) is 0 Å². The van der Waals surface area contributed by atoms with Crippen LogP contribution in [0.4, 0.5) is 0 Å². The molecule has 1 aromatic heterocycles. The Morgan fingerprint density at radius 2 is 2.36 bits per heavy atom. The number of thiazole rings is 1. The second kappa shape index (κ2) is 5.10. The van der Waals surface area contributed by atoms with E-state index in [0.717, 1.165) is 17.8 Å². The van der Waals surface area contributed by atoms with Gasteiger partial charge in [-0.2, -0.15) is 0 Å². The Balaban J connectivity index is 2.75. The van der Waals surface area contributed by atoms with Gasteiger partial charge < -0.3 is 4.90 Å². The summed E-state index contributed by atoms with van der Waals surface area (Å²) in [7, 11) is 0. The fraction of sp³-hybridized carbons (Fsp3) is 0.600. The van der Waals surface area contributed by atoms with Crippen molar-refractivity contribution in [2.45, 2.75) is 33.2 Å². The topological polar surface area (TPSA) is 33.2 Å². The maximum atomic E-state index is 11.9.